The number of aliphatic hydroxyl groups excluding tert-OH is 1. The summed E-state index contributed by atoms with van der Waals surface area (Å²) in [6.45, 7) is 11.0. The number of methoxy groups -OCH3 is 1. The average molecular weight is 300 g/mol. The van der Waals surface area contributed by atoms with Crippen molar-refractivity contribution in [1.82, 2.24) is 9.80 Å². The number of piperidine rings is 1. The number of likely N-dealkylation sites (tertiary alicyclic amines) is 1. The lowest BCUT2D eigenvalue weighted by Gasteiger charge is -2.39. The van der Waals surface area contributed by atoms with Gasteiger partial charge < -0.3 is 19.5 Å². The van der Waals surface area contributed by atoms with Gasteiger partial charge >= 0.3 is 0 Å². The summed E-state index contributed by atoms with van der Waals surface area (Å²) in [5, 5.41) is 9.80. The van der Waals surface area contributed by atoms with E-state index in [9.17, 15) is 5.11 Å². The van der Waals surface area contributed by atoms with Crippen molar-refractivity contribution in [3.63, 3.8) is 0 Å². The number of hydrogen-bond donors (Lipinski definition) is 1. The van der Waals surface area contributed by atoms with E-state index in [-0.39, 0.29) is 6.10 Å². The van der Waals surface area contributed by atoms with Gasteiger partial charge in [-0.2, -0.15) is 0 Å². The third kappa shape index (κ3) is 5.83. The van der Waals surface area contributed by atoms with E-state index < -0.39 is 0 Å². The molecule has 2 fully saturated rings. The quantitative estimate of drug-likeness (QED) is 0.787. The first-order valence-electron chi connectivity index (χ1n) is 8.34. The zero-order chi connectivity index (χ0) is 15.2. The molecule has 5 heteroatoms. The molecule has 3 atom stereocenters. The summed E-state index contributed by atoms with van der Waals surface area (Å²) < 4.78 is 10.8. The molecular weight excluding hydrogens is 268 g/mol. The van der Waals surface area contributed by atoms with Crippen molar-refractivity contribution in [2.75, 3.05) is 53.0 Å². The van der Waals surface area contributed by atoms with Crippen molar-refractivity contribution in [3.05, 3.63) is 0 Å². The molecule has 2 saturated heterocycles. The second-order valence-corrected chi connectivity index (χ2v) is 6.83. The fraction of sp³-hybridized carbons (Fsp3) is 1.00. The molecular formula is C16H32N2O3. The molecule has 2 rings (SSSR count). The third-order valence-corrected chi connectivity index (χ3v) is 4.55. The number of β-amino-alcohol motifs (C(OH)–C–C–N with tert-alkyl or cyclic N) is 1. The smallest absolute Gasteiger partial charge is 0.0900 e. The first kappa shape index (κ1) is 17.2. The van der Waals surface area contributed by atoms with Gasteiger partial charge in [0.2, 0.25) is 0 Å². The summed E-state index contributed by atoms with van der Waals surface area (Å²) in [6, 6.07) is 0. The molecule has 21 heavy (non-hydrogen) atoms. The molecule has 0 amide bonds. The van der Waals surface area contributed by atoms with E-state index in [1.54, 1.807) is 7.11 Å². The van der Waals surface area contributed by atoms with Crippen LogP contribution in [-0.2, 0) is 9.47 Å². The SMILES string of the molecule is COC[C@@H](O)CN1CCC(CN2C[C@@H](C)O[C@@H](C)C2)CC1. The zero-order valence-corrected chi connectivity index (χ0v) is 13.8. The van der Waals surface area contributed by atoms with Crippen molar-refractivity contribution in [2.24, 2.45) is 5.92 Å². The molecule has 0 bridgehead atoms. The number of morpholine rings is 1. The molecule has 0 aliphatic carbocycles. The van der Waals surface area contributed by atoms with Crippen molar-refractivity contribution in [2.45, 2.75) is 45.0 Å². The molecule has 2 aliphatic heterocycles. The third-order valence-electron chi connectivity index (χ3n) is 4.55. The normalized spacial score (nSPS) is 31.4. The predicted molar refractivity (Wildman–Crippen MR) is 83.5 cm³/mol. The Bertz CT molecular complexity index is 285. The predicted octanol–water partition coefficient (Wildman–Crippen LogP) is 0.815. The maximum Gasteiger partial charge on any atom is 0.0900 e. The highest BCUT2D eigenvalue weighted by Crippen LogP contribution is 2.21. The van der Waals surface area contributed by atoms with Gasteiger partial charge in [-0.05, 0) is 45.7 Å². The van der Waals surface area contributed by atoms with Crippen LogP contribution < -0.4 is 0 Å². The highest BCUT2D eigenvalue weighted by molar-refractivity contribution is 4.80. The Hall–Kier alpha value is -0.200. The molecule has 5 nitrogen and oxygen atoms in total. The molecule has 2 heterocycles. The summed E-state index contributed by atoms with van der Waals surface area (Å²) in [4.78, 5) is 4.93. The topological polar surface area (TPSA) is 45.2 Å². The second-order valence-electron chi connectivity index (χ2n) is 6.83. The zero-order valence-electron chi connectivity index (χ0n) is 13.8. The van der Waals surface area contributed by atoms with Gasteiger partial charge in [-0.25, -0.2) is 0 Å². The van der Waals surface area contributed by atoms with Crippen LogP contribution in [0.2, 0.25) is 0 Å². The molecule has 0 saturated carbocycles. The van der Waals surface area contributed by atoms with E-state index in [4.69, 9.17) is 9.47 Å². The van der Waals surface area contributed by atoms with Crippen LogP contribution in [0.3, 0.4) is 0 Å². The van der Waals surface area contributed by atoms with Crippen LogP contribution >= 0.6 is 0 Å². The first-order chi connectivity index (χ1) is 10.1. The summed E-state index contributed by atoms with van der Waals surface area (Å²) in [5.74, 6) is 0.790. The van der Waals surface area contributed by atoms with Gasteiger partial charge in [0, 0.05) is 33.3 Å². The van der Waals surface area contributed by atoms with Crippen LogP contribution in [0.25, 0.3) is 0 Å². The van der Waals surface area contributed by atoms with Crippen molar-refractivity contribution in [1.29, 1.82) is 0 Å². The van der Waals surface area contributed by atoms with Crippen molar-refractivity contribution >= 4 is 0 Å². The van der Waals surface area contributed by atoms with Crippen LogP contribution in [0.4, 0.5) is 0 Å². The number of aliphatic hydroxyl groups is 1. The minimum atomic E-state index is -0.354. The Labute approximate surface area is 129 Å². The molecule has 1 N–H and O–H groups in total. The fourth-order valence-corrected chi connectivity index (χ4v) is 3.69. The molecule has 0 aromatic rings. The van der Waals surface area contributed by atoms with Gasteiger partial charge in [0.05, 0.1) is 24.9 Å². The molecule has 2 aliphatic rings. The summed E-state index contributed by atoms with van der Waals surface area (Å²) in [6.07, 6.45) is 2.84. The van der Waals surface area contributed by atoms with Crippen LogP contribution in [0.15, 0.2) is 0 Å². The van der Waals surface area contributed by atoms with Crippen LogP contribution in [0.5, 0.6) is 0 Å². The Morgan fingerprint density at radius 2 is 1.76 bits per heavy atom. The van der Waals surface area contributed by atoms with Gasteiger partial charge in [-0.1, -0.05) is 0 Å². The lowest BCUT2D eigenvalue weighted by molar-refractivity contribution is -0.0735. The highest BCUT2D eigenvalue weighted by Gasteiger charge is 2.27. The molecule has 0 unspecified atom stereocenters. The molecule has 0 radical (unpaired) electrons. The molecule has 124 valence electrons. The van der Waals surface area contributed by atoms with Crippen LogP contribution in [0, 0.1) is 5.92 Å². The first-order valence-corrected chi connectivity index (χ1v) is 8.34. The largest absolute Gasteiger partial charge is 0.389 e. The molecule has 0 spiro atoms. The summed E-state index contributed by atoms with van der Waals surface area (Å²) in [7, 11) is 1.64. The second kappa shape index (κ2) is 8.44. The number of ether oxygens (including phenoxy) is 2. The maximum absolute atomic E-state index is 9.80. The number of hydrogen-bond acceptors (Lipinski definition) is 5. The van der Waals surface area contributed by atoms with Gasteiger partial charge in [-0.3, -0.25) is 4.90 Å². The van der Waals surface area contributed by atoms with E-state index in [1.807, 2.05) is 0 Å². The Morgan fingerprint density at radius 1 is 1.14 bits per heavy atom. The van der Waals surface area contributed by atoms with Crippen LogP contribution in [0.1, 0.15) is 26.7 Å². The average Bonchev–Trinajstić information content (AvgIpc) is 2.40. The monoisotopic (exact) mass is 300 g/mol. The lowest BCUT2D eigenvalue weighted by atomic mass is 9.95. The van der Waals surface area contributed by atoms with E-state index in [0.29, 0.717) is 18.8 Å². The van der Waals surface area contributed by atoms with Gasteiger partial charge in [0.15, 0.2) is 0 Å². The van der Waals surface area contributed by atoms with E-state index in [0.717, 1.165) is 38.6 Å². The van der Waals surface area contributed by atoms with Gasteiger partial charge in [0.1, 0.15) is 0 Å². The standard InChI is InChI=1S/C16H32N2O3/c1-13-8-18(9-14(2)21-13)10-15-4-6-17(7-5-15)11-16(19)12-20-3/h13-16,19H,4-12H2,1-3H3/t13-,14+,16-/m0/s1. The summed E-state index contributed by atoms with van der Waals surface area (Å²) >= 11 is 0. The maximum atomic E-state index is 9.80. The molecule has 0 aromatic carbocycles. The minimum Gasteiger partial charge on any atom is -0.389 e. The molecule has 0 aromatic heterocycles. The fourth-order valence-electron chi connectivity index (χ4n) is 3.69. The van der Waals surface area contributed by atoms with Crippen molar-refractivity contribution in [3.8, 4) is 0 Å². The van der Waals surface area contributed by atoms with Crippen LogP contribution in [-0.4, -0.2) is 86.2 Å². The Morgan fingerprint density at radius 3 is 2.33 bits per heavy atom. The summed E-state index contributed by atoms with van der Waals surface area (Å²) in [5.41, 5.74) is 0. The number of rotatable bonds is 6. The van der Waals surface area contributed by atoms with Crippen molar-refractivity contribution < 1.29 is 14.6 Å². The van der Waals surface area contributed by atoms with E-state index in [1.165, 1.54) is 19.4 Å². The Balaban J connectivity index is 1.67. The van der Waals surface area contributed by atoms with Gasteiger partial charge in [-0.15, -0.1) is 0 Å². The van der Waals surface area contributed by atoms with E-state index in [2.05, 4.69) is 23.6 Å². The Kier molecular flexibility index (Phi) is 6.89. The number of nitrogens with zero attached hydrogens (tertiary/aromatic N) is 2. The minimum absolute atomic E-state index is 0.354. The van der Waals surface area contributed by atoms with E-state index >= 15 is 0 Å². The lowest BCUT2D eigenvalue weighted by Crippen LogP contribution is -2.48. The highest BCUT2D eigenvalue weighted by atomic mass is 16.5. The van der Waals surface area contributed by atoms with Gasteiger partial charge in [0.25, 0.3) is 0 Å².